The van der Waals surface area contributed by atoms with E-state index in [-0.39, 0.29) is 17.3 Å². The third-order valence-corrected chi connectivity index (χ3v) is 4.53. The zero-order valence-electron chi connectivity index (χ0n) is 14.0. The Hall–Kier alpha value is -2.62. The van der Waals surface area contributed by atoms with Crippen LogP contribution in [0.15, 0.2) is 18.2 Å². The van der Waals surface area contributed by atoms with Crippen LogP contribution in [-0.4, -0.2) is 20.6 Å². The molecule has 27 heavy (non-hydrogen) atoms. The van der Waals surface area contributed by atoms with Crippen molar-refractivity contribution in [3.8, 4) is 0 Å². The minimum atomic E-state index is -4.71. The molecule has 1 aromatic heterocycles. The van der Waals surface area contributed by atoms with E-state index in [9.17, 15) is 28.1 Å². The van der Waals surface area contributed by atoms with Crippen LogP contribution < -0.4 is 5.32 Å². The molecule has 11 heteroatoms. The molecule has 0 saturated heterocycles. The first kappa shape index (κ1) is 19.2. The van der Waals surface area contributed by atoms with E-state index >= 15 is 0 Å². The fraction of sp³-hybridized carbons (Fsp3) is 0.375. The highest BCUT2D eigenvalue weighted by Crippen LogP contribution is 2.46. The number of aryl methyl sites for hydroxylation is 1. The highest BCUT2D eigenvalue weighted by atomic mass is 35.5. The SMILES string of the molecule is Cc1cc([N+](=O)[O-])ccc1NC(=O)Cn1nc(C(F)(F)F)c(Cl)c1C1CC1. The molecule has 2 aromatic rings. The molecule has 0 radical (unpaired) electrons. The van der Waals surface area contributed by atoms with Gasteiger partial charge in [-0.15, -0.1) is 0 Å². The lowest BCUT2D eigenvalue weighted by Crippen LogP contribution is -2.21. The molecule has 1 saturated carbocycles. The molecular weight excluding hydrogens is 389 g/mol. The summed E-state index contributed by atoms with van der Waals surface area (Å²) >= 11 is 5.87. The molecule has 7 nitrogen and oxygen atoms in total. The van der Waals surface area contributed by atoms with E-state index in [1.165, 1.54) is 18.2 Å². The number of carbonyl (C=O) groups is 1. The summed E-state index contributed by atoms with van der Waals surface area (Å²) in [6, 6.07) is 3.88. The van der Waals surface area contributed by atoms with Crippen molar-refractivity contribution in [3.05, 3.63) is 50.3 Å². The van der Waals surface area contributed by atoms with Crippen LogP contribution in [-0.2, 0) is 17.5 Å². The van der Waals surface area contributed by atoms with Crippen molar-refractivity contribution in [2.75, 3.05) is 5.32 Å². The Morgan fingerprint density at radius 1 is 1.44 bits per heavy atom. The molecule has 1 aliphatic carbocycles. The first-order valence-electron chi connectivity index (χ1n) is 7.96. The van der Waals surface area contributed by atoms with Crippen molar-refractivity contribution in [1.29, 1.82) is 0 Å². The molecule has 0 atom stereocenters. The van der Waals surface area contributed by atoms with Gasteiger partial charge in [-0.3, -0.25) is 19.6 Å². The van der Waals surface area contributed by atoms with Gasteiger partial charge in [-0.1, -0.05) is 11.6 Å². The highest BCUT2D eigenvalue weighted by Gasteiger charge is 2.42. The average molecular weight is 403 g/mol. The predicted molar refractivity (Wildman–Crippen MR) is 90.7 cm³/mol. The number of hydrogen-bond acceptors (Lipinski definition) is 4. The third-order valence-electron chi connectivity index (χ3n) is 4.15. The van der Waals surface area contributed by atoms with Gasteiger partial charge in [-0.05, 0) is 31.4 Å². The molecular formula is C16H14ClF3N4O3. The molecule has 1 fully saturated rings. The van der Waals surface area contributed by atoms with Gasteiger partial charge in [0.05, 0.1) is 15.6 Å². The van der Waals surface area contributed by atoms with E-state index in [0.717, 1.165) is 4.68 Å². The lowest BCUT2D eigenvalue weighted by Gasteiger charge is -2.10. The second-order valence-electron chi connectivity index (χ2n) is 6.28. The lowest BCUT2D eigenvalue weighted by atomic mass is 10.2. The Morgan fingerprint density at radius 2 is 2.11 bits per heavy atom. The van der Waals surface area contributed by atoms with Crippen LogP contribution in [0.3, 0.4) is 0 Å². The van der Waals surface area contributed by atoms with E-state index in [1.54, 1.807) is 6.92 Å². The summed E-state index contributed by atoms with van der Waals surface area (Å²) < 4.78 is 40.1. The quantitative estimate of drug-likeness (QED) is 0.596. The van der Waals surface area contributed by atoms with E-state index in [0.29, 0.717) is 24.1 Å². The van der Waals surface area contributed by atoms with Gasteiger partial charge in [0.15, 0.2) is 5.69 Å². The minimum Gasteiger partial charge on any atom is -0.324 e. The van der Waals surface area contributed by atoms with Crippen molar-refractivity contribution >= 4 is 28.9 Å². The van der Waals surface area contributed by atoms with Crippen LogP contribution in [0, 0.1) is 17.0 Å². The van der Waals surface area contributed by atoms with E-state index in [2.05, 4.69) is 10.4 Å². The molecule has 1 aromatic carbocycles. The number of aromatic nitrogens is 2. The number of alkyl halides is 3. The molecule has 1 amide bonds. The summed E-state index contributed by atoms with van der Waals surface area (Å²) in [6.07, 6.45) is -3.34. The number of nitrogens with zero attached hydrogens (tertiary/aromatic N) is 3. The Bertz CT molecular complexity index is 922. The Labute approximate surface area is 156 Å². The van der Waals surface area contributed by atoms with E-state index < -0.39 is 34.3 Å². The molecule has 1 heterocycles. The van der Waals surface area contributed by atoms with E-state index in [4.69, 9.17) is 11.6 Å². The number of nitrogens with one attached hydrogen (secondary N) is 1. The third kappa shape index (κ3) is 4.05. The maximum atomic E-state index is 13.1. The van der Waals surface area contributed by atoms with E-state index in [1.807, 2.05) is 0 Å². The van der Waals surface area contributed by atoms with Gasteiger partial charge in [0.25, 0.3) is 5.69 Å². The smallest absolute Gasteiger partial charge is 0.324 e. The number of nitro benzene ring substituents is 1. The lowest BCUT2D eigenvalue weighted by molar-refractivity contribution is -0.384. The summed E-state index contributed by atoms with van der Waals surface area (Å²) in [7, 11) is 0. The van der Waals surface area contributed by atoms with Gasteiger partial charge in [0.2, 0.25) is 5.91 Å². The highest BCUT2D eigenvalue weighted by molar-refractivity contribution is 6.32. The van der Waals surface area contributed by atoms with Gasteiger partial charge in [-0.25, -0.2) is 0 Å². The summed E-state index contributed by atoms with van der Waals surface area (Å²) in [5.74, 6) is -0.753. The van der Waals surface area contributed by atoms with Gasteiger partial charge in [0.1, 0.15) is 6.54 Å². The van der Waals surface area contributed by atoms with Gasteiger partial charge in [0, 0.05) is 23.7 Å². The summed E-state index contributed by atoms with van der Waals surface area (Å²) in [6.45, 7) is 1.13. The van der Waals surface area contributed by atoms with Crippen LogP contribution >= 0.6 is 11.6 Å². The molecule has 0 aliphatic heterocycles. The van der Waals surface area contributed by atoms with Gasteiger partial charge in [-0.2, -0.15) is 18.3 Å². The molecule has 1 N–H and O–H groups in total. The molecule has 0 bridgehead atoms. The van der Waals surface area contributed by atoms with Crippen molar-refractivity contribution in [1.82, 2.24) is 9.78 Å². The van der Waals surface area contributed by atoms with Crippen LogP contribution in [0.2, 0.25) is 5.02 Å². The number of hydrogen-bond donors (Lipinski definition) is 1. The number of nitro groups is 1. The summed E-state index contributed by atoms with van der Waals surface area (Å²) in [5, 5.41) is 16.3. The Balaban J connectivity index is 1.81. The standard InChI is InChI=1S/C16H14ClF3N4O3/c1-8-6-10(24(26)27)4-5-11(8)21-12(25)7-23-14(9-2-3-9)13(17)15(22-23)16(18,19)20/h4-6,9H,2-3,7H2,1H3,(H,21,25). The zero-order valence-corrected chi connectivity index (χ0v) is 14.8. The van der Waals surface area contributed by atoms with Gasteiger partial charge >= 0.3 is 6.18 Å². The number of non-ortho nitro benzene ring substituents is 1. The number of amides is 1. The molecule has 144 valence electrons. The fourth-order valence-electron chi connectivity index (χ4n) is 2.73. The second-order valence-corrected chi connectivity index (χ2v) is 6.66. The van der Waals surface area contributed by atoms with Crippen molar-refractivity contribution in [2.24, 2.45) is 0 Å². The maximum Gasteiger partial charge on any atom is 0.436 e. The Kier molecular flexibility index (Phi) is 4.85. The first-order chi connectivity index (χ1) is 12.6. The molecule has 0 spiro atoms. The molecule has 0 unspecified atom stereocenters. The van der Waals surface area contributed by atoms with Crippen molar-refractivity contribution < 1.29 is 22.9 Å². The first-order valence-corrected chi connectivity index (χ1v) is 8.34. The van der Waals surface area contributed by atoms with Crippen molar-refractivity contribution in [3.63, 3.8) is 0 Å². The predicted octanol–water partition coefficient (Wildman–Crippen LogP) is 4.29. The molecule has 3 rings (SSSR count). The zero-order chi connectivity index (χ0) is 19.9. The molecule has 1 aliphatic rings. The van der Waals surface area contributed by atoms with Crippen LogP contribution in [0.5, 0.6) is 0 Å². The van der Waals surface area contributed by atoms with Gasteiger partial charge < -0.3 is 5.32 Å². The fourth-order valence-corrected chi connectivity index (χ4v) is 3.13. The second kappa shape index (κ2) is 6.84. The maximum absolute atomic E-state index is 13.1. The Morgan fingerprint density at radius 3 is 2.63 bits per heavy atom. The topological polar surface area (TPSA) is 90.1 Å². The number of anilines is 1. The number of benzene rings is 1. The van der Waals surface area contributed by atoms with Crippen LogP contribution in [0.25, 0.3) is 0 Å². The minimum absolute atomic E-state index is 0.129. The monoisotopic (exact) mass is 402 g/mol. The average Bonchev–Trinajstić information content (AvgIpc) is 3.32. The largest absolute Gasteiger partial charge is 0.436 e. The normalized spacial score (nSPS) is 14.3. The number of rotatable bonds is 5. The van der Waals surface area contributed by atoms with Crippen molar-refractivity contribution in [2.45, 2.75) is 38.4 Å². The van der Waals surface area contributed by atoms with Crippen LogP contribution in [0.1, 0.15) is 35.7 Å². The number of carbonyl (C=O) groups excluding carboxylic acids is 1. The number of halogens is 4. The van der Waals surface area contributed by atoms with Crippen LogP contribution in [0.4, 0.5) is 24.5 Å². The summed E-state index contributed by atoms with van der Waals surface area (Å²) in [4.78, 5) is 22.5. The summed E-state index contributed by atoms with van der Waals surface area (Å²) in [5.41, 5.74) is -0.345.